The van der Waals surface area contributed by atoms with Crippen LogP contribution in [0.1, 0.15) is 37.0 Å². The second-order valence-corrected chi connectivity index (χ2v) is 9.24. The summed E-state index contributed by atoms with van der Waals surface area (Å²) in [6.07, 6.45) is 0. The van der Waals surface area contributed by atoms with Gasteiger partial charge in [0.2, 0.25) is 0 Å². The van der Waals surface area contributed by atoms with Gasteiger partial charge >= 0.3 is 0 Å². The Hall–Kier alpha value is -3.32. The van der Waals surface area contributed by atoms with Gasteiger partial charge in [-0.15, -0.1) is 0 Å². The average Bonchev–Trinajstić information content (AvgIpc) is 3.33. The van der Waals surface area contributed by atoms with Gasteiger partial charge in [-0.2, -0.15) is 0 Å². The number of ketones is 1. The predicted octanol–water partition coefficient (Wildman–Crippen LogP) is 6.01. The van der Waals surface area contributed by atoms with E-state index in [0.717, 1.165) is 4.47 Å². The van der Waals surface area contributed by atoms with E-state index in [-0.39, 0.29) is 11.3 Å². The van der Waals surface area contributed by atoms with Crippen LogP contribution in [-0.2, 0) is 9.59 Å². The molecular weight excluding hydrogens is 486 g/mol. The third-order valence-corrected chi connectivity index (χ3v) is 5.77. The van der Waals surface area contributed by atoms with E-state index in [2.05, 4.69) is 29.8 Å². The fourth-order valence-corrected chi connectivity index (χ4v) is 4.11. The number of carbonyl (C=O) groups is 2. The Kier molecular flexibility index (Phi) is 6.42. The number of benzene rings is 2. The first-order valence-corrected chi connectivity index (χ1v) is 11.4. The Morgan fingerprint density at radius 1 is 1.12 bits per heavy atom. The Morgan fingerprint density at radius 3 is 2.45 bits per heavy atom. The number of aryl methyl sites for hydroxylation is 1. The van der Waals surface area contributed by atoms with Gasteiger partial charge in [0.25, 0.3) is 11.7 Å². The summed E-state index contributed by atoms with van der Waals surface area (Å²) in [6.45, 7) is 6.47. The molecule has 0 spiro atoms. The lowest BCUT2D eigenvalue weighted by Crippen LogP contribution is -2.29. The fraction of sp³-hybridized carbons (Fsp3) is 0.231. The van der Waals surface area contributed by atoms with E-state index in [1.807, 2.05) is 6.07 Å². The zero-order valence-electron chi connectivity index (χ0n) is 18.5. The number of hydrogen-bond acceptors (Lipinski definition) is 5. The molecule has 7 heteroatoms. The third kappa shape index (κ3) is 4.59. The maximum atomic E-state index is 13.1. The van der Waals surface area contributed by atoms with E-state index < -0.39 is 17.7 Å². The van der Waals surface area contributed by atoms with Gasteiger partial charge in [0.15, 0.2) is 0 Å². The lowest BCUT2D eigenvalue weighted by Gasteiger charge is -2.23. The monoisotopic (exact) mass is 509 g/mol. The van der Waals surface area contributed by atoms with Crippen LogP contribution >= 0.6 is 15.9 Å². The highest BCUT2D eigenvalue weighted by Crippen LogP contribution is 2.43. The number of aliphatic hydroxyl groups excluding tert-OH is 1. The lowest BCUT2D eigenvalue weighted by molar-refractivity contribution is -0.132. The van der Waals surface area contributed by atoms with E-state index in [9.17, 15) is 14.7 Å². The van der Waals surface area contributed by atoms with E-state index in [0.29, 0.717) is 41.0 Å². The summed E-state index contributed by atoms with van der Waals surface area (Å²) in [5, 5.41) is 11.2. The van der Waals surface area contributed by atoms with E-state index in [4.69, 9.17) is 9.15 Å². The molecule has 1 aliphatic rings. The summed E-state index contributed by atoms with van der Waals surface area (Å²) < 4.78 is 12.3. The number of hydrogen-bond donors (Lipinski definition) is 1. The SMILES string of the molecule is Cc1ccc(C2/C(=C(/O)c3ccc(OCC(C)C)cc3)C(=O)C(=O)N2c2cccc(Br)c2)o1. The Bertz CT molecular complexity index is 1230. The van der Waals surface area contributed by atoms with Crippen LogP contribution in [0.2, 0.25) is 0 Å². The van der Waals surface area contributed by atoms with Gasteiger partial charge in [0.1, 0.15) is 29.1 Å². The molecule has 33 heavy (non-hydrogen) atoms. The molecule has 2 heterocycles. The molecular formula is C26H24BrNO5. The summed E-state index contributed by atoms with van der Waals surface area (Å²) >= 11 is 3.41. The molecule has 1 amide bonds. The number of Topliss-reactive ketones (excluding diaryl/α,β-unsaturated/α-hetero) is 1. The third-order valence-electron chi connectivity index (χ3n) is 5.27. The van der Waals surface area contributed by atoms with Crippen molar-refractivity contribution in [1.82, 2.24) is 0 Å². The minimum atomic E-state index is -0.898. The predicted molar refractivity (Wildman–Crippen MR) is 129 cm³/mol. The molecule has 170 valence electrons. The average molecular weight is 510 g/mol. The highest BCUT2D eigenvalue weighted by molar-refractivity contribution is 9.10. The zero-order valence-corrected chi connectivity index (χ0v) is 20.1. The molecule has 1 atom stereocenters. The topological polar surface area (TPSA) is 80.0 Å². The smallest absolute Gasteiger partial charge is 0.300 e. The Balaban J connectivity index is 1.80. The molecule has 6 nitrogen and oxygen atoms in total. The summed E-state index contributed by atoms with van der Waals surface area (Å²) in [5.74, 6) is 0.302. The van der Waals surface area contributed by atoms with Crippen molar-refractivity contribution in [3.63, 3.8) is 0 Å². The molecule has 1 aliphatic heterocycles. The normalized spacial score (nSPS) is 17.7. The Morgan fingerprint density at radius 2 is 1.85 bits per heavy atom. The molecule has 1 fully saturated rings. The standard InChI is InChI=1S/C26H24BrNO5/c1-15(2)14-32-20-10-8-17(9-11-20)24(29)22-23(21-12-7-16(3)33-21)28(26(31)25(22)30)19-6-4-5-18(27)13-19/h4-13,15,23,29H,14H2,1-3H3/b24-22-. The quantitative estimate of drug-likeness (QED) is 0.250. The van der Waals surface area contributed by atoms with E-state index in [1.54, 1.807) is 61.5 Å². The number of rotatable bonds is 6. The van der Waals surface area contributed by atoms with Crippen LogP contribution in [0, 0.1) is 12.8 Å². The molecule has 0 radical (unpaired) electrons. The molecule has 2 aromatic carbocycles. The lowest BCUT2D eigenvalue weighted by atomic mass is 9.99. The zero-order chi connectivity index (χ0) is 23.7. The van der Waals surface area contributed by atoms with Crippen molar-refractivity contribution in [2.24, 2.45) is 5.92 Å². The first-order chi connectivity index (χ1) is 15.8. The largest absolute Gasteiger partial charge is 0.507 e. The van der Waals surface area contributed by atoms with Gasteiger partial charge in [0, 0.05) is 15.7 Å². The first-order valence-electron chi connectivity index (χ1n) is 10.6. The van der Waals surface area contributed by atoms with Gasteiger partial charge in [0.05, 0.1) is 12.2 Å². The van der Waals surface area contributed by atoms with Crippen LogP contribution in [0.3, 0.4) is 0 Å². The summed E-state index contributed by atoms with van der Waals surface area (Å²) in [5.41, 5.74) is 0.902. The van der Waals surface area contributed by atoms with Gasteiger partial charge < -0.3 is 14.3 Å². The van der Waals surface area contributed by atoms with Crippen LogP contribution in [-0.4, -0.2) is 23.4 Å². The van der Waals surface area contributed by atoms with Crippen molar-refractivity contribution >= 4 is 39.1 Å². The van der Waals surface area contributed by atoms with Crippen molar-refractivity contribution < 1.29 is 23.8 Å². The van der Waals surface area contributed by atoms with Gasteiger partial charge in [-0.1, -0.05) is 35.8 Å². The highest BCUT2D eigenvalue weighted by atomic mass is 79.9. The fourth-order valence-electron chi connectivity index (χ4n) is 3.72. The number of carbonyl (C=O) groups excluding carboxylic acids is 2. The molecule has 3 aromatic rings. The van der Waals surface area contributed by atoms with E-state index >= 15 is 0 Å². The summed E-state index contributed by atoms with van der Waals surface area (Å²) in [4.78, 5) is 27.6. The highest BCUT2D eigenvalue weighted by Gasteiger charge is 2.48. The van der Waals surface area contributed by atoms with Gasteiger partial charge in [-0.05, 0) is 67.4 Å². The molecule has 0 saturated carbocycles. The molecule has 0 aliphatic carbocycles. The molecule has 1 aromatic heterocycles. The molecule has 4 rings (SSSR count). The van der Waals surface area contributed by atoms with Crippen LogP contribution < -0.4 is 9.64 Å². The summed E-state index contributed by atoms with van der Waals surface area (Å²) in [6, 6.07) is 16.5. The molecule has 1 saturated heterocycles. The van der Waals surface area contributed by atoms with Crippen LogP contribution in [0.4, 0.5) is 5.69 Å². The van der Waals surface area contributed by atoms with Crippen molar-refractivity contribution in [3.05, 3.63) is 87.8 Å². The van der Waals surface area contributed by atoms with Crippen LogP contribution in [0.15, 0.2) is 75.1 Å². The number of aliphatic hydroxyl groups is 1. The first kappa shape index (κ1) is 22.9. The molecule has 1 unspecified atom stereocenters. The number of furan rings is 1. The van der Waals surface area contributed by atoms with Crippen LogP contribution in [0.25, 0.3) is 5.76 Å². The van der Waals surface area contributed by atoms with Crippen LogP contribution in [0.5, 0.6) is 5.75 Å². The molecule has 1 N–H and O–H groups in total. The second kappa shape index (κ2) is 9.27. The minimum Gasteiger partial charge on any atom is -0.507 e. The maximum absolute atomic E-state index is 13.1. The number of amides is 1. The van der Waals surface area contributed by atoms with Crippen molar-refractivity contribution in [2.75, 3.05) is 11.5 Å². The number of halogens is 1. The van der Waals surface area contributed by atoms with Gasteiger partial charge in [-0.25, -0.2) is 0 Å². The van der Waals surface area contributed by atoms with Crippen molar-refractivity contribution in [2.45, 2.75) is 26.8 Å². The molecule has 0 bridgehead atoms. The number of ether oxygens (including phenoxy) is 1. The minimum absolute atomic E-state index is 0.0230. The number of nitrogens with zero attached hydrogens (tertiary/aromatic N) is 1. The van der Waals surface area contributed by atoms with Crippen molar-refractivity contribution in [3.8, 4) is 5.75 Å². The Labute approximate surface area is 200 Å². The second-order valence-electron chi connectivity index (χ2n) is 8.33. The summed E-state index contributed by atoms with van der Waals surface area (Å²) in [7, 11) is 0. The van der Waals surface area contributed by atoms with Gasteiger partial charge in [-0.3, -0.25) is 14.5 Å². The maximum Gasteiger partial charge on any atom is 0.300 e. The van der Waals surface area contributed by atoms with Crippen molar-refractivity contribution in [1.29, 1.82) is 0 Å². The number of anilines is 1. The van der Waals surface area contributed by atoms with E-state index in [1.165, 1.54) is 4.90 Å².